The summed E-state index contributed by atoms with van der Waals surface area (Å²) in [6.45, 7) is 9.40. The third-order valence-electron chi connectivity index (χ3n) is 4.48. The first-order valence-corrected chi connectivity index (χ1v) is 8.84. The van der Waals surface area contributed by atoms with Gasteiger partial charge in [0, 0.05) is 29.1 Å². The monoisotopic (exact) mass is 357 g/mol. The van der Waals surface area contributed by atoms with Crippen molar-refractivity contribution in [2.45, 2.75) is 45.9 Å². The second-order valence-corrected chi connectivity index (χ2v) is 8.07. The maximum atomic E-state index is 6.10. The Morgan fingerprint density at radius 2 is 2.00 bits per heavy atom. The summed E-state index contributed by atoms with van der Waals surface area (Å²) in [7, 11) is 0. The van der Waals surface area contributed by atoms with Crippen LogP contribution in [0.3, 0.4) is 0 Å². The van der Waals surface area contributed by atoms with Crippen molar-refractivity contribution < 1.29 is 0 Å². The van der Waals surface area contributed by atoms with E-state index in [0.717, 1.165) is 23.5 Å². The first-order chi connectivity index (χ1) is 9.41. The Bertz CT molecular complexity index is 453. The standard InChI is InChI=1S/C17H25BrClN/c1-17(2,3)14-5-4-9-20(10-8-14)16-11-15(18)7-6-13(16)12-19/h6-7,11,14H,4-5,8-10,12H2,1-3H3. The fourth-order valence-corrected chi connectivity index (χ4v) is 3.72. The molecule has 1 aliphatic heterocycles. The summed E-state index contributed by atoms with van der Waals surface area (Å²) in [5, 5.41) is 0. The molecule has 20 heavy (non-hydrogen) atoms. The van der Waals surface area contributed by atoms with Crippen LogP contribution in [0.2, 0.25) is 0 Å². The number of benzene rings is 1. The van der Waals surface area contributed by atoms with Crippen LogP contribution in [0.5, 0.6) is 0 Å². The van der Waals surface area contributed by atoms with Crippen LogP contribution in [-0.4, -0.2) is 13.1 Å². The molecule has 3 heteroatoms. The van der Waals surface area contributed by atoms with Crippen LogP contribution < -0.4 is 4.90 Å². The van der Waals surface area contributed by atoms with Crippen LogP contribution >= 0.6 is 27.5 Å². The lowest BCUT2D eigenvalue weighted by Crippen LogP contribution is -2.26. The first kappa shape index (κ1) is 16.2. The number of hydrogen-bond acceptors (Lipinski definition) is 1. The second kappa shape index (κ2) is 6.70. The Kier molecular flexibility index (Phi) is 5.42. The third-order valence-corrected chi connectivity index (χ3v) is 5.27. The highest BCUT2D eigenvalue weighted by Crippen LogP contribution is 2.36. The summed E-state index contributed by atoms with van der Waals surface area (Å²) in [6, 6.07) is 6.44. The second-order valence-electron chi connectivity index (χ2n) is 6.89. The van der Waals surface area contributed by atoms with E-state index in [4.69, 9.17) is 11.6 Å². The molecule has 0 aromatic heterocycles. The van der Waals surface area contributed by atoms with Crippen LogP contribution in [0.4, 0.5) is 5.69 Å². The lowest BCUT2D eigenvalue weighted by Gasteiger charge is -2.30. The van der Waals surface area contributed by atoms with E-state index in [1.165, 1.54) is 30.5 Å². The van der Waals surface area contributed by atoms with E-state index >= 15 is 0 Å². The minimum atomic E-state index is 0.419. The van der Waals surface area contributed by atoms with E-state index in [-0.39, 0.29) is 0 Å². The van der Waals surface area contributed by atoms with Crippen molar-refractivity contribution in [2.75, 3.05) is 18.0 Å². The lowest BCUT2D eigenvalue weighted by molar-refractivity contribution is 0.220. The molecule has 1 nitrogen and oxygen atoms in total. The van der Waals surface area contributed by atoms with Crippen LogP contribution in [0.1, 0.15) is 45.6 Å². The molecule has 0 amide bonds. The number of hydrogen-bond donors (Lipinski definition) is 0. The Labute approximate surface area is 136 Å². The molecule has 1 saturated heterocycles. The average molecular weight is 359 g/mol. The van der Waals surface area contributed by atoms with Gasteiger partial charge in [-0.3, -0.25) is 0 Å². The fourth-order valence-electron chi connectivity index (χ4n) is 3.15. The van der Waals surface area contributed by atoms with E-state index in [2.05, 4.69) is 59.8 Å². The van der Waals surface area contributed by atoms with Crippen LogP contribution in [0, 0.1) is 11.3 Å². The molecule has 1 heterocycles. The van der Waals surface area contributed by atoms with Crippen molar-refractivity contribution >= 4 is 33.2 Å². The molecule has 1 fully saturated rings. The smallest absolute Gasteiger partial charge is 0.0494 e. The lowest BCUT2D eigenvalue weighted by atomic mass is 9.77. The molecule has 0 N–H and O–H groups in total. The molecule has 0 aliphatic carbocycles. The van der Waals surface area contributed by atoms with E-state index in [1.807, 2.05) is 0 Å². The highest BCUT2D eigenvalue weighted by atomic mass is 79.9. The van der Waals surface area contributed by atoms with Gasteiger partial charge in [0.2, 0.25) is 0 Å². The topological polar surface area (TPSA) is 3.24 Å². The molecule has 0 bridgehead atoms. The largest absolute Gasteiger partial charge is 0.371 e. The van der Waals surface area contributed by atoms with Gasteiger partial charge in [0.15, 0.2) is 0 Å². The Morgan fingerprint density at radius 1 is 1.25 bits per heavy atom. The van der Waals surface area contributed by atoms with Crippen molar-refractivity contribution in [3.8, 4) is 0 Å². The van der Waals surface area contributed by atoms with Crippen molar-refractivity contribution in [3.63, 3.8) is 0 Å². The fraction of sp³-hybridized carbons (Fsp3) is 0.647. The molecule has 0 spiro atoms. The zero-order chi connectivity index (χ0) is 14.8. The third kappa shape index (κ3) is 3.92. The molecule has 112 valence electrons. The predicted molar refractivity (Wildman–Crippen MR) is 92.7 cm³/mol. The van der Waals surface area contributed by atoms with Crippen LogP contribution in [0.25, 0.3) is 0 Å². The quantitative estimate of drug-likeness (QED) is 0.600. The minimum Gasteiger partial charge on any atom is -0.371 e. The van der Waals surface area contributed by atoms with E-state index in [0.29, 0.717) is 11.3 Å². The summed E-state index contributed by atoms with van der Waals surface area (Å²) in [6.07, 6.45) is 3.89. The van der Waals surface area contributed by atoms with Gasteiger partial charge in [0.25, 0.3) is 0 Å². The molecule has 1 aromatic carbocycles. The predicted octanol–water partition coefficient (Wildman–Crippen LogP) is 5.84. The number of halogens is 2. The molecule has 0 saturated carbocycles. The van der Waals surface area contributed by atoms with Gasteiger partial charge in [-0.1, -0.05) is 42.8 Å². The molecule has 2 rings (SSSR count). The molecule has 1 atom stereocenters. The normalized spacial score (nSPS) is 20.9. The van der Waals surface area contributed by atoms with Gasteiger partial charge in [0.05, 0.1) is 0 Å². The first-order valence-electron chi connectivity index (χ1n) is 7.51. The Balaban J connectivity index is 2.16. The summed E-state index contributed by atoms with van der Waals surface area (Å²) in [4.78, 5) is 2.52. The molecular weight excluding hydrogens is 334 g/mol. The van der Waals surface area contributed by atoms with Gasteiger partial charge in [-0.15, -0.1) is 11.6 Å². The van der Waals surface area contributed by atoms with Crippen molar-refractivity contribution in [1.82, 2.24) is 0 Å². The zero-order valence-electron chi connectivity index (χ0n) is 12.8. The Hall–Kier alpha value is -0.210. The van der Waals surface area contributed by atoms with Crippen molar-refractivity contribution in [1.29, 1.82) is 0 Å². The van der Waals surface area contributed by atoms with Gasteiger partial charge >= 0.3 is 0 Å². The van der Waals surface area contributed by atoms with Gasteiger partial charge in [-0.05, 0) is 48.3 Å². The molecule has 1 aromatic rings. The van der Waals surface area contributed by atoms with Crippen molar-refractivity contribution in [2.24, 2.45) is 11.3 Å². The summed E-state index contributed by atoms with van der Waals surface area (Å²) < 4.78 is 1.14. The van der Waals surface area contributed by atoms with Gasteiger partial charge in [0.1, 0.15) is 0 Å². The molecule has 1 aliphatic rings. The number of rotatable bonds is 2. The molecule has 0 radical (unpaired) electrons. The minimum absolute atomic E-state index is 0.419. The van der Waals surface area contributed by atoms with E-state index in [1.54, 1.807) is 0 Å². The summed E-state index contributed by atoms with van der Waals surface area (Å²) >= 11 is 9.69. The maximum Gasteiger partial charge on any atom is 0.0494 e. The number of nitrogens with zero attached hydrogens (tertiary/aromatic N) is 1. The van der Waals surface area contributed by atoms with Gasteiger partial charge in [-0.25, -0.2) is 0 Å². The molecular formula is C17H25BrClN. The average Bonchev–Trinajstić information content (AvgIpc) is 2.63. The highest BCUT2D eigenvalue weighted by Gasteiger charge is 2.27. The molecule has 1 unspecified atom stereocenters. The Morgan fingerprint density at radius 3 is 2.65 bits per heavy atom. The maximum absolute atomic E-state index is 6.10. The number of anilines is 1. The summed E-state index contributed by atoms with van der Waals surface area (Å²) in [5.41, 5.74) is 2.97. The van der Waals surface area contributed by atoms with E-state index < -0.39 is 0 Å². The highest BCUT2D eigenvalue weighted by molar-refractivity contribution is 9.10. The number of alkyl halides is 1. The van der Waals surface area contributed by atoms with E-state index in [9.17, 15) is 0 Å². The van der Waals surface area contributed by atoms with Gasteiger partial charge in [-0.2, -0.15) is 0 Å². The van der Waals surface area contributed by atoms with Crippen molar-refractivity contribution in [3.05, 3.63) is 28.2 Å². The van der Waals surface area contributed by atoms with Crippen LogP contribution in [0.15, 0.2) is 22.7 Å². The zero-order valence-corrected chi connectivity index (χ0v) is 15.1. The SMILES string of the molecule is CC(C)(C)C1CCCN(c2cc(Br)ccc2CCl)CC1. The van der Waals surface area contributed by atoms with Crippen LogP contribution in [-0.2, 0) is 5.88 Å². The van der Waals surface area contributed by atoms with Gasteiger partial charge < -0.3 is 4.90 Å². The summed E-state index contributed by atoms with van der Waals surface area (Å²) in [5.74, 6) is 1.40.